The average Bonchev–Trinajstić information content (AvgIpc) is 2.63. The van der Waals surface area contributed by atoms with E-state index in [-0.39, 0.29) is 5.54 Å². The first kappa shape index (κ1) is 14.9. The van der Waals surface area contributed by atoms with Gasteiger partial charge in [0.15, 0.2) is 0 Å². The molecule has 2 aliphatic rings. The van der Waals surface area contributed by atoms with Crippen LogP contribution in [0.5, 0.6) is 0 Å². The van der Waals surface area contributed by atoms with Crippen molar-refractivity contribution in [3.8, 4) is 0 Å². The first-order valence-electron chi connectivity index (χ1n) is 8.54. The fourth-order valence-corrected chi connectivity index (χ4v) is 4.04. The molecule has 1 saturated carbocycles. The molecule has 2 unspecified atom stereocenters. The van der Waals surface area contributed by atoms with E-state index in [4.69, 9.17) is 0 Å². The van der Waals surface area contributed by atoms with Crippen LogP contribution < -0.4 is 0 Å². The Labute approximate surface area is 120 Å². The van der Waals surface area contributed by atoms with E-state index in [0.717, 1.165) is 12.0 Å². The fraction of sp³-hybridized carbons (Fsp3) is 0.889. The summed E-state index contributed by atoms with van der Waals surface area (Å²) < 4.78 is 0. The van der Waals surface area contributed by atoms with Crippen LogP contribution >= 0.6 is 0 Å². The van der Waals surface area contributed by atoms with Crippen LogP contribution in [0.2, 0.25) is 0 Å². The minimum atomic E-state index is 0.290. The fourth-order valence-electron chi connectivity index (χ4n) is 4.04. The summed E-state index contributed by atoms with van der Waals surface area (Å²) in [5.41, 5.74) is 1.95. The van der Waals surface area contributed by atoms with E-state index in [9.17, 15) is 0 Å². The summed E-state index contributed by atoms with van der Waals surface area (Å²) in [6, 6.07) is 0.798. The van der Waals surface area contributed by atoms with Crippen molar-refractivity contribution < 1.29 is 0 Å². The van der Waals surface area contributed by atoms with Crippen molar-refractivity contribution in [2.75, 3.05) is 0 Å². The third-order valence-electron chi connectivity index (χ3n) is 4.84. The summed E-state index contributed by atoms with van der Waals surface area (Å²) in [6.45, 7) is 9.50. The van der Waals surface area contributed by atoms with Gasteiger partial charge in [-0.25, -0.2) is 0 Å². The molecule has 1 aliphatic carbocycles. The predicted molar refractivity (Wildman–Crippen MR) is 84.2 cm³/mol. The molecular weight excluding hydrogens is 230 g/mol. The highest BCUT2D eigenvalue weighted by Crippen LogP contribution is 2.41. The number of allylic oxidation sites excluding steroid dienone is 1. The summed E-state index contributed by atoms with van der Waals surface area (Å²) >= 11 is 0. The largest absolute Gasteiger partial charge is 0.367 e. The van der Waals surface area contributed by atoms with E-state index in [2.05, 4.69) is 38.7 Å². The summed E-state index contributed by atoms with van der Waals surface area (Å²) in [7, 11) is 0. The number of nitrogens with zero attached hydrogens (tertiary/aromatic N) is 1. The lowest BCUT2D eigenvalue weighted by molar-refractivity contribution is 0.103. The Bertz CT molecular complexity index is 310. The van der Waals surface area contributed by atoms with Crippen LogP contribution in [-0.2, 0) is 0 Å². The standard InChI is InChI=1S/C18H33N/c1-5-6-12-16-14-15-11-9-7-8-10-13-17(15)19(16)18(2,3)4/h14-15,17H,5-13H2,1-4H3. The van der Waals surface area contributed by atoms with Crippen LogP contribution in [0.1, 0.15) is 85.5 Å². The maximum Gasteiger partial charge on any atom is 0.0355 e. The zero-order valence-electron chi connectivity index (χ0n) is 13.5. The Balaban J connectivity index is 2.17. The highest BCUT2D eigenvalue weighted by Gasteiger charge is 2.39. The molecule has 0 saturated heterocycles. The molecular formula is C18H33N. The van der Waals surface area contributed by atoms with E-state index in [1.165, 1.54) is 57.8 Å². The Hall–Kier alpha value is -0.460. The smallest absolute Gasteiger partial charge is 0.0355 e. The van der Waals surface area contributed by atoms with Crippen LogP contribution in [-0.4, -0.2) is 16.5 Å². The molecule has 0 amide bonds. The summed E-state index contributed by atoms with van der Waals surface area (Å²) in [5, 5.41) is 0. The zero-order chi connectivity index (χ0) is 13.9. The molecule has 0 aromatic rings. The van der Waals surface area contributed by atoms with Gasteiger partial charge in [0, 0.05) is 17.3 Å². The Kier molecular flexibility index (Phi) is 4.97. The minimum absolute atomic E-state index is 0.290. The quantitative estimate of drug-likeness (QED) is 0.648. The van der Waals surface area contributed by atoms with Gasteiger partial charge in [-0.2, -0.15) is 0 Å². The molecule has 1 heteroatoms. The van der Waals surface area contributed by atoms with E-state index < -0.39 is 0 Å². The van der Waals surface area contributed by atoms with Crippen molar-refractivity contribution in [2.45, 2.75) is 97.1 Å². The molecule has 1 fully saturated rings. The van der Waals surface area contributed by atoms with Crippen LogP contribution in [0.15, 0.2) is 11.8 Å². The summed E-state index contributed by atoms with van der Waals surface area (Å²) in [5.74, 6) is 0.839. The van der Waals surface area contributed by atoms with Gasteiger partial charge >= 0.3 is 0 Å². The number of fused-ring (bicyclic) bond motifs is 1. The van der Waals surface area contributed by atoms with Crippen molar-refractivity contribution >= 4 is 0 Å². The summed E-state index contributed by atoms with van der Waals surface area (Å²) in [6.07, 6.45) is 15.2. The van der Waals surface area contributed by atoms with E-state index in [0.29, 0.717) is 0 Å². The van der Waals surface area contributed by atoms with Crippen molar-refractivity contribution in [3.63, 3.8) is 0 Å². The first-order chi connectivity index (χ1) is 9.04. The van der Waals surface area contributed by atoms with Gasteiger partial charge in [-0.3, -0.25) is 0 Å². The Morgan fingerprint density at radius 2 is 1.79 bits per heavy atom. The molecule has 0 aromatic heterocycles. The van der Waals surface area contributed by atoms with Crippen LogP contribution in [0, 0.1) is 5.92 Å². The lowest BCUT2D eigenvalue weighted by Gasteiger charge is -2.43. The predicted octanol–water partition coefficient (Wildman–Crippen LogP) is 5.51. The number of rotatable bonds is 3. The third kappa shape index (κ3) is 3.55. The molecule has 1 nitrogen and oxygen atoms in total. The van der Waals surface area contributed by atoms with Crippen molar-refractivity contribution in [2.24, 2.45) is 5.92 Å². The second-order valence-electron chi connectivity index (χ2n) is 7.53. The highest BCUT2D eigenvalue weighted by molar-refractivity contribution is 5.18. The lowest BCUT2D eigenvalue weighted by atomic mass is 9.87. The average molecular weight is 263 g/mol. The molecule has 2 atom stereocenters. The molecule has 1 heterocycles. The van der Waals surface area contributed by atoms with Crippen LogP contribution in [0.25, 0.3) is 0 Å². The molecule has 2 rings (SSSR count). The normalized spacial score (nSPS) is 28.6. The molecule has 0 spiro atoms. The Morgan fingerprint density at radius 3 is 2.42 bits per heavy atom. The van der Waals surface area contributed by atoms with Gasteiger partial charge < -0.3 is 4.90 Å². The zero-order valence-corrected chi connectivity index (χ0v) is 13.5. The van der Waals surface area contributed by atoms with Crippen molar-refractivity contribution in [1.82, 2.24) is 4.90 Å². The second kappa shape index (κ2) is 6.33. The SMILES string of the molecule is CCCCC1=CC2CCCCCCC2N1C(C)(C)C. The Morgan fingerprint density at radius 1 is 1.11 bits per heavy atom. The third-order valence-corrected chi connectivity index (χ3v) is 4.84. The molecule has 0 radical (unpaired) electrons. The van der Waals surface area contributed by atoms with Gasteiger partial charge in [0.05, 0.1) is 0 Å². The summed E-state index contributed by atoms with van der Waals surface area (Å²) in [4.78, 5) is 2.79. The van der Waals surface area contributed by atoms with Gasteiger partial charge in [0.1, 0.15) is 0 Å². The number of hydrogen-bond acceptors (Lipinski definition) is 1. The van der Waals surface area contributed by atoms with Crippen molar-refractivity contribution in [3.05, 3.63) is 11.8 Å². The van der Waals surface area contributed by atoms with E-state index in [1.54, 1.807) is 5.70 Å². The molecule has 110 valence electrons. The van der Waals surface area contributed by atoms with Crippen LogP contribution in [0.3, 0.4) is 0 Å². The topological polar surface area (TPSA) is 3.24 Å². The monoisotopic (exact) mass is 263 g/mol. The highest BCUT2D eigenvalue weighted by atomic mass is 15.2. The van der Waals surface area contributed by atoms with E-state index in [1.807, 2.05) is 0 Å². The number of unbranched alkanes of at least 4 members (excludes halogenated alkanes) is 1. The van der Waals surface area contributed by atoms with Gasteiger partial charge in [-0.05, 0) is 52.4 Å². The molecule has 0 N–H and O–H groups in total. The minimum Gasteiger partial charge on any atom is -0.367 e. The van der Waals surface area contributed by atoms with Gasteiger partial charge in [-0.1, -0.05) is 45.1 Å². The number of hydrogen-bond donors (Lipinski definition) is 0. The van der Waals surface area contributed by atoms with E-state index >= 15 is 0 Å². The lowest BCUT2D eigenvalue weighted by Crippen LogP contribution is -2.46. The van der Waals surface area contributed by atoms with Crippen LogP contribution in [0.4, 0.5) is 0 Å². The molecule has 1 aliphatic heterocycles. The molecule has 0 bridgehead atoms. The first-order valence-corrected chi connectivity index (χ1v) is 8.54. The van der Waals surface area contributed by atoms with Gasteiger partial charge in [0.2, 0.25) is 0 Å². The maximum atomic E-state index is 2.79. The molecule has 0 aromatic carbocycles. The second-order valence-corrected chi connectivity index (χ2v) is 7.53. The molecule has 19 heavy (non-hydrogen) atoms. The van der Waals surface area contributed by atoms with Crippen molar-refractivity contribution in [1.29, 1.82) is 0 Å². The van der Waals surface area contributed by atoms with Gasteiger partial charge in [-0.15, -0.1) is 0 Å². The van der Waals surface area contributed by atoms with Gasteiger partial charge in [0.25, 0.3) is 0 Å². The maximum absolute atomic E-state index is 2.79.